The summed E-state index contributed by atoms with van der Waals surface area (Å²) in [7, 11) is 0. The molecule has 0 atom stereocenters. The van der Waals surface area contributed by atoms with Crippen molar-refractivity contribution in [1.29, 1.82) is 0 Å². The van der Waals surface area contributed by atoms with Gasteiger partial charge in [-0.25, -0.2) is 0 Å². The van der Waals surface area contributed by atoms with Gasteiger partial charge in [-0.2, -0.15) is 26.3 Å². The molecule has 0 radical (unpaired) electrons. The molecule has 0 heterocycles. The van der Waals surface area contributed by atoms with Crippen molar-refractivity contribution in [3.63, 3.8) is 0 Å². The third-order valence-corrected chi connectivity index (χ3v) is 3.00. The molecule has 0 aliphatic rings. The maximum atomic E-state index is 12.8. The summed E-state index contributed by atoms with van der Waals surface area (Å²) in [4.78, 5) is 9.80. The largest absolute Gasteiger partial charge is 0.416 e. The van der Waals surface area contributed by atoms with Gasteiger partial charge >= 0.3 is 12.4 Å². The van der Waals surface area contributed by atoms with Crippen LogP contribution in [0.3, 0.4) is 0 Å². The van der Waals surface area contributed by atoms with Gasteiger partial charge in [0.1, 0.15) is 0 Å². The Hall–Kier alpha value is -2.58. The average molecular weight is 335 g/mol. The Balaban J connectivity index is 2.59. The zero-order valence-electron chi connectivity index (χ0n) is 11.1. The maximum absolute atomic E-state index is 12.8. The fourth-order valence-electron chi connectivity index (χ4n) is 1.90. The fourth-order valence-corrected chi connectivity index (χ4v) is 1.90. The molecule has 0 spiro atoms. The average Bonchev–Trinajstić information content (AvgIpc) is 2.45. The number of nitrogens with zero attached hydrogens (tertiary/aromatic N) is 1. The van der Waals surface area contributed by atoms with E-state index in [9.17, 15) is 36.5 Å². The lowest BCUT2D eigenvalue weighted by atomic mass is 9.99. The first-order chi connectivity index (χ1) is 10.5. The van der Waals surface area contributed by atoms with E-state index in [0.717, 1.165) is 24.3 Å². The Morgan fingerprint density at radius 1 is 0.739 bits per heavy atom. The molecule has 3 nitrogen and oxygen atoms in total. The first kappa shape index (κ1) is 16.8. The van der Waals surface area contributed by atoms with Crippen LogP contribution in [0.1, 0.15) is 11.1 Å². The molecule has 0 unspecified atom stereocenters. The number of rotatable bonds is 2. The highest BCUT2D eigenvalue weighted by Gasteiger charge is 2.37. The molecule has 0 N–H and O–H groups in total. The molecule has 0 bridgehead atoms. The summed E-state index contributed by atoms with van der Waals surface area (Å²) in [6.45, 7) is 0. The Kier molecular flexibility index (Phi) is 4.06. The topological polar surface area (TPSA) is 43.1 Å². The highest BCUT2D eigenvalue weighted by molar-refractivity contribution is 5.67. The molecule has 0 aromatic heterocycles. The van der Waals surface area contributed by atoms with Gasteiger partial charge in [-0.1, -0.05) is 0 Å². The van der Waals surface area contributed by atoms with E-state index in [1.807, 2.05) is 0 Å². The second kappa shape index (κ2) is 5.56. The molecule has 0 fully saturated rings. The Morgan fingerprint density at radius 2 is 1.17 bits per heavy atom. The van der Waals surface area contributed by atoms with Gasteiger partial charge in [0.25, 0.3) is 5.69 Å². The molecule has 0 saturated carbocycles. The van der Waals surface area contributed by atoms with Crippen molar-refractivity contribution < 1.29 is 31.3 Å². The Bertz CT molecular complexity index is 702. The lowest BCUT2D eigenvalue weighted by molar-refractivity contribution is -0.384. The Labute approximate surface area is 125 Å². The van der Waals surface area contributed by atoms with E-state index in [1.165, 1.54) is 0 Å². The molecule has 0 amide bonds. The quantitative estimate of drug-likeness (QED) is 0.425. The molecule has 2 rings (SSSR count). The maximum Gasteiger partial charge on any atom is 0.416 e. The molecule has 0 saturated heterocycles. The first-order valence-corrected chi connectivity index (χ1v) is 6.03. The number of nitro benzene ring substituents is 1. The molecular weight excluding hydrogens is 328 g/mol. The Morgan fingerprint density at radius 3 is 1.52 bits per heavy atom. The van der Waals surface area contributed by atoms with Gasteiger partial charge in [0, 0.05) is 12.1 Å². The van der Waals surface area contributed by atoms with Crippen molar-refractivity contribution >= 4 is 5.69 Å². The van der Waals surface area contributed by atoms with Crippen LogP contribution in [0.25, 0.3) is 11.1 Å². The second-order valence-electron chi connectivity index (χ2n) is 4.60. The summed E-state index contributed by atoms with van der Waals surface area (Å²) in [5.41, 5.74) is -3.53. The summed E-state index contributed by atoms with van der Waals surface area (Å²) in [6.07, 6.45) is -9.90. The summed E-state index contributed by atoms with van der Waals surface area (Å²) in [6, 6.07) is 5.34. The predicted octanol–water partition coefficient (Wildman–Crippen LogP) is 5.30. The van der Waals surface area contributed by atoms with Gasteiger partial charge in [0.05, 0.1) is 16.1 Å². The van der Waals surface area contributed by atoms with Gasteiger partial charge in [0.15, 0.2) is 0 Å². The molecule has 2 aromatic rings. The number of alkyl halides is 6. The van der Waals surface area contributed by atoms with Crippen LogP contribution in [0.4, 0.5) is 32.0 Å². The minimum absolute atomic E-state index is 0.00667. The minimum Gasteiger partial charge on any atom is -0.258 e. The number of halogens is 6. The van der Waals surface area contributed by atoms with E-state index in [2.05, 4.69) is 0 Å². The van der Waals surface area contributed by atoms with Gasteiger partial charge in [-0.05, 0) is 41.5 Å². The lowest BCUT2D eigenvalue weighted by Crippen LogP contribution is -2.11. The standard InChI is InChI=1S/C14H7F6NO2/c15-13(16,17)10-5-9(6-11(7-10)14(18,19)20)8-1-3-12(4-2-8)21(22)23/h1-7H. The third kappa shape index (κ3) is 3.79. The van der Waals surface area contributed by atoms with E-state index < -0.39 is 28.4 Å². The third-order valence-electron chi connectivity index (χ3n) is 3.00. The van der Waals surface area contributed by atoms with Gasteiger partial charge in [-0.3, -0.25) is 10.1 Å². The van der Waals surface area contributed by atoms with Crippen molar-refractivity contribution in [3.8, 4) is 11.1 Å². The van der Waals surface area contributed by atoms with Crippen molar-refractivity contribution in [2.24, 2.45) is 0 Å². The zero-order valence-corrected chi connectivity index (χ0v) is 11.1. The summed E-state index contributed by atoms with van der Waals surface area (Å²) in [5.74, 6) is 0. The first-order valence-electron chi connectivity index (χ1n) is 6.03. The van der Waals surface area contributed by atoms with E-state index in [1.54, 1.807) is 0 Å². The number of benzene rings is 2. The van der Waals surface area contributed by atoms with E-state index in [-0.39, 0.29) is 22.9 Å². The molecular formula is C14H7F6NO2. The smallest absolute Gasteiger partial charge is 0.258 e. The number of hydrogen-bond donors (Lipinski definition) is 0. The van der Waals surface area contributed by atoms with Crippen LogP contribution in [0, 0.1) is 10.1 Å². The molecule has 0 aliphatic carbocycles. The summed E-state index contributed by atoms with van der Waals surface area (Å²) < 4.78 is 76.6. The van der Waals surface area contributed by atoms with Crippen LogP contribution in [0.15, 0.2) is 42.5 Å². The molecule has 122 valence electrons. The van der Waals surface area contributed by atoms with Crippen molar-refractivity contribution in [2.45, 2.75) is 12.4 Å². The molecule has 0 aliphatic heterocycles. The van der Waals surface area contributed by atoms with Crippen LogP contribution < -0.4 is 0 Å². The molecule has 9 heteroatoms. The van der Waals surface area contributed by atoms with Crippen LogP contribution in [0.5, 0.6) is 0 Å². The predicted molar refractivity (Wildman–Crippen MR) is 68.5 cm³/mol. The number of hydrogen-bond acceptors (Lipinski definition) is 2. The van der Waals surface area contributed by atoms with Gasteiger partial charge < -0.3 is 0 Å². The molecule has 23 heavy (non-hydrogen) atoms. The highest BCUT2D eigenvalue weighted by atomic mass is 19.4. The van der Waals surface area contributed by atoms with Gasteiger partial charge in [-0.15, -0.1) is 0 Å². The minimum atomic E-state index is -4.95. The normalized spacial score (nSPS) is 12.3. The van der Waals surface area contributed by atoms with E-state index in [0.29, 0.717) is 12.1 Å². The SMILES string of the molecule is O=[N+]([O-])c1ccc(-c2cc(C(F)(F)F)cc(C(F)(F)F)c2)cc1. The van der Waals surface area contributed by atoms with E-state index in [4.69, 9.17) is 0 Å². The van der Waals surface area contributed by atoms with Crippen LogP contribution >= 0.6 is 0 Å². The van der Waals surface area contributed by atoms with Crippen LogP contribution in [0.2, 0.25) is 0 Å². The number of nitro groups is 1. The van der Waals surface area contributed by atoms with Crippen molar-refractivity contribution in [3.05, 3.63) is 63.7 Å². The lowest BCUT2D eigenvalue weighted by Gasteiger charge is -2.14. The zero-order chi connectivity index (χ0) is 17.4. The monoisotopic (exact) mass is 335 g/mol. The van der Waals surface area contributed by atoms with Crippen molar-refractivity contribution in [2.75, 3.05) is 0 Å². The second-order valence-corrected chi connectivity index (χ2v) is 4.60. The summed E-state index contributed by atoms with van der Waals surface area (Å²) in [5, 5.41) is 10.5. The fraction of sp³-hybridized carbons (Fsp3) is 0.143. The summed E-state index contributed by atoms with van der Waals surface area (Å²) >= 11 is 0. The number of non-ortho nitro benzene ring substituents is 1. The van der Waals surface area contributed by atoms with Crippen molar-refractivity contribution in [1.82, 2.24) is 0 Å². The van der Waals surface area contributed by atoms with Crippen LogP contribution in [-0.4, -0.2) is 4.92 Å². The van der Waals surface area contributed by atoms with Gasteiger partial charge in [0.2, 0.25) is 0 Å². The highest BCUT2D eigenvalue weighted by Crippen LogP contribution is 2.38. The van der Waals surface area contributed by atoms with E-state index >= 15 is 0 Å². The molecule has 2 aromatic carbocycles. The van der Waals surface area contributed by atoms with Crippen LogP contribution in [-0.2, 0) is 12.4 Å².